The van der Waals surface area contributed by atoms with Crippen LogP contribution in [-0.2, 0) is 9.59 Å². The molecule has 2 aliphatic rings. The van der Waals surface area contributed by atoms with Crippen LogP contribution in [0.3, 0.4) is 0 Å². The van der Waals surface area contributed by atoms with Gasteiger partial charge in [-0.1, -0.05) is 6.42 Å². The quantitative estimate of drug-likeness (QED) is 0.766. The van der Waals surface area contributed by atoms with Crippen LogP contribution in [0.2, 0.25) is 0 Å². The van der Waals surface area contributed by atoms with Crippen LogP contribution >= 0.6 is 0 Å². The number of fused-ring (bicyclic) bond motifs is 2. The molecule has 2 fully saturated rings. The third kappa shape index (κ3) is 1.77. The fourth-order valence-corrected chi connectivity index (χ4v) is 2.94. The minimum atomic E-state index is -5.00. The Bertz CT molecular complexity index is 368. The number of carboxylic acids is 1. The molecule has 0 spiro atoms. The van der Waals surface area contributed by atoms with Crippen molar-refractivity contribution in [1.82, 2.24) is 4.90 Å². The van der Waals surface area contributed by atoms with Crippen LogP contribution in [0.5, 0.6) is 0 Å². The molecule has 1 aliphatic heterocycles. The van der Waals surface area contributed by atoms with E-state index in [4.69, 9.17) is 5.11 Å². The molecule has 2 bridgehead atoms. The van der Waals surface area contributed by atoms with Gasteiger partial charge < -0.3 is 10.0 Å². The van der Waals surface area contributed by atoms with Crippen molar-refractivity contribution in [2.45, 2.75) is 37.4 Å². The molecule has 1 N–H and O–H groups in total. The molecule has 17 heavy (non-hydrogen) atoms. The van der Waals surface area contributed by atoms with E-state index >= 15 is 0 Å². The van der Waals surface area contributed by atoms with Crippen LogP contribution in [0.15, 0.2) is 0 Å². The highest BCUT2D eigenvalue weighted by molar-refractivity contribution is 5.90. The van der Waals surface area contributed by atoms with Gasteiger partial charge in [-0.2, -0.15) is 13.2 Å². The zero-order valence-corrected chi connectivity index (χ0v) is 8.96. The largest absolute Gasteiger partial charge is 0.479 e. The van der Waals surface area contributed by atoms with Gasteiger partial charge in [-0.3, -0.25) is 4.79 Å². The molecule has 4 nitrogen and oxygen atoms in total. The molecule has 1 aliphatic carbocycles. The van der Waals surface area contributed by atoms with Gasteiger partial charge in [-0.25, -0.2) is 4.79 Å². The van der Waals surface area contributed by atoms with Gasteiger partial charge in [-0.15, -0.1) is 0 Å². The van der Waals surface area contributed by atoms with Crippen LogP contribution in [0.1, 0.15) is 25.7 Å². The molecule has 96 valence electrons. The van der Waals surface area contributed by atoms with Crippen molar-refractivity contribution in [3.05, 3.63) is 0 Å². The highest BCUT2D eigenvalue weighted by Gasteiger charge is 2.59. The third-order valence-corrected chi connectivity index (χ3v) is 3.67. The number of alkyl halides is 3. The normalized spacial score (nSPS) is 32.6. The second-order valence-electron chi connectivity index (χ2n) is 4.71. The zero-order valence-electron chi connectivity index (χ0n) is 8.96. The molecule has 2 atom stereocenters. The lowest BCUT2D eigenvalue weighted by Gasteiger charge is -2.35. The topological polar surface area (TPSA) is 57.6 Å². The van der Waals surface area contributed by atoms with Crippen molar-refractivity contribution in [3.63, 3.8) is 0 Å². The number of halogens is 3. The van der Waals surface area contributed by atoms with Gasteiger partial charge in [0.05, 0.1) is 0 Å². The van der Waals surface area contributed by atoms with Crippen molar-refractivity contribution < 1.29 is 27.9 Å². The predicted molar refractivity (Wildman–Crippen MR) is 50.1 cm³/mol. The molecule has 1 heterocycles. The minimum absolute atomic E-state index is 0.0926. The lowest BCUT2D eigenvalue weighted by molar-refractivity contribution is -0.192. The molecule has 2 rings (SSSR count). The lowest BCUT2D eigenvalue weighted by Crippen LogP contribution is -2.56. The summed E-state index contributed by atoms with van der Waals surface area (Å²) in [5, 5.41) is 9.14. The maximum atomic E-state index is 12.4. The molecular weight excluding hydrogens is 239 g/mol. The number of nitrogens with zero attached hydrogens (tertiary/aromatic N) is 1. The molecule has 0 aromatic rings. The maximum absolute atomic E-state index is 12.4. The SMILES string of the molecule is O=C(N1CC2CCCC1(C(=O)O)C2)C(F)(F)F. The smallest absolute Gasteiger partial charge is 0.471 e. The second kappa shape index (κ2) is 3.61. The third-order valence-electron chi connectivity index (χ3n) is 3.67. The first kappa shape index (κ1) is 12.2. The molecular formula is C10H12F3NO3. The number of hydrogen-bond acceptors (Lipinski definition) is 2. The van der Waals surface area contributed by atoms with E-state index in [2.05, 4.69) is 0 Å². The molecule has 0 aromatic carbocycles. The number of likely N-dealkylation sites (tertiary alicyclic amines) is 1. The van der Waals surface area contributed by atoms with Gasteiger partial charge in [0.2, 0.25) is 0 Å². The van der Waals surface area contributed by atoms with E-state index in [1.807, 2.05) is 0 Å². The molecule has 7 heteroatoms. The first-order valence-corrected chi connectivity index (χ1v) is 5.39. The first-order chi connectivity index (χ1) is 7.77. The van der Waals surface area contributed by atoms with E-state index < -0.39 is 23.6 Å². The monoisotopic (exact) mass is 251 g/mol. The summed E-state index contributed by atoms with van der Waals surface area (Å²) in [7, 11) is 0. The Morgan fingerprint density at radius 3 is 2.53 bits per heavy atom. The highest BCUT2D eigenvalue weighted by Crippen LogP contribution is 2.45. The molecule has 0 radical (unpaired) electrons. The number of hydrogen-bond donors (Lipinski definition) is 1. The summed E-state index contributed by atoms with van der Waals surface area (Å²) in [4.78, 5) is 23.0. The van der Waals surface area contributed by atoms with Crippen LogP contribution < -0.4 is 0 Å². The Hall–Kier alpha value is -1.27. The van der Waals surface area contributed by atoms with Crippen molar-refractivity contribution >= 4 is 11.9 Å². The number of rotatable bonds is 1. The van der Waals surface area contributed by atoms with Crippen LogP contribution in [0, 0.1) is 5.92 Å². The van der Waals surface area contributed by atoms with E-state index in [-0.39, 0.29) is 25.3 Å². The van der Waals surface area contributed by atoms with Crippen molar-refractivity contribution in [2.24, 2.45) is 5.92 Å². The lowest BCUT2D eigenvalue weighted by atomic mass is 9.80. The average Bonchev–Trinajstić information content (AvgIpc) is 2.49. The maximum Gasteiger partial charge on any atom is 0.471 e. The van der Waals surface area contributed by atoms with Crippen molar-refractivity contribution in [2.75, 3.05) is 6.54 Å². The van der Waals surface area contributed by atoms with E-state index in [1.54, 1.807) is 0 Å². The molecule has 1 saturated carbocycles. The molecule has 1 saturated heterocycles. The Morgan fingerprint density at radius 1 is 1.35 bits per heavy atom. The number of aliphatic carboxylic acids is 1. The van der Waals surface area contributed by atoms with Crippen LogP contribution in [-0.4, -0.2) is 40.1 Å². The number of amides is 1. The van der Waals surface area contributed by atoms with Gasteiger partial charge in [0.1, 0.15) is 5.54 Å². The minimum Gasteiger partial charge on any atom is -0.479 e. The Kier molecular flexibility index (Phi) is 2.59. The predicted octanol–water partition coefficient (Wildman–Crippen LogP) is 1.40. The highest BCUT2D eigenvalue weighted by atomic mass is 19.4. The van der Waals surface area contributed by atoms with Gasteiger partial charge >= 0.3 is 18.1 Å². The van der Waals surface area contributed by atoms with Gasteiger partial charge in [-0.05, 0) is 25.2 Å². The van der Waals surface area contributed by atoms with Crippen LogP contribution in [0.25, 0.3) is 0 Å². The van der Waals surface area contributed by atoms with E-state index in [0.29, 0.717) is 17.7 Å². The van der Waals surface area contributed by atoms with E-state index in [9.17, 15) is 22.8 Å². The van der Waals surface area contributed by atoms with Crippen molar-refractivity contribution in [1.29, 1.82) is 0 Å². The molecule has 0 aromatic heterocycles. The summed E-state index contributed by atoms with van der Waals surface area (Å²) in [5.74, 6) is -3.47. The summed E-state index contributed by atoms with van der Waals surface area (Å²) < 4.78 is 37.2. The second-order valence-corrected chi connectivity index (χ2v) is 4.71. The molecule has 1 amide bonds. The fourth-order valence-electron chi connectivity index (χ4n) is 2.94. The number of carboxylic acid groups (broad SMARTS) is 1. The van der Waals surface area contributed by atoms with E-state index in [0.717, 1.165) is 0 Å². The average molecular weight is 251 g/mol. The fraction of sp³-hybridized carbons (Fsp3) is 0.800. The Labute approximate surface area is 95.4 Å². The summed E-state index contributed by atoms with van der Waals surface area (Å²) in [6, 6.07) is 0. The number of carbonyl (C=O) groups is 2. The van der Waals surface area contributed by atoms with E-state index in [1.165, 1.54) is 0 Å². The molecule has 2 unspecified atom stereocenters. The Morgan fingerprint density at radius 2 is 2.00 bits per heavy atom. The van der Waals surface area contributed by atoms with Gasteiger partial charge in [0.15, 0.2) is 0 Å². The van der Waals surface area contributed by atoms with Gasteiger partial charge in [0, 0.05) is 6.54 Å². The van der Waals surface area contributed by atoms with Crippen molar-refractivity contribution in [3.8, 4) is 0 Å². The summed E-state index contributed by atoms with van der Waals surface area (Å²) in [6.45, 7) is -0.0926. The standard InChI is InChI=1S/C10H12F3NO3/c11-10(12,13)7(15)14-5-6-2-1-3-9(14,4-6)8(16)17/h6H,1-5H2,(H,16,17). The zero-order chi connectivity index (χ0) is 12.8. The Balaban J connectivity index is 2.34. The summed E-state index contributed by atoms with van der Waals surface area (Å²) in [6.07, 6.45) is -3.50. The van der Waals surface area contributed by atoms with Gasteiger partial charge in [0.25, 0.3) is 0 Å². The summed E-state index contributed by atoms with van der Waals surface area (Å²) in [5.41, 5.74) is -1.63. The van der Waals surface area contributed by atoms with Crippen LogP contribution in [0.4, 0.5) is 13.2 Å². The number of carbonyl (C=O) groups excluding carboxylic acids is 1. The first-order valence-electron chi connectivity index (χ1n) is 5.39. The summed E-state index contributed by atoms with van der Waals surface area (Å²) >= 11 is 0.